The second kappa shape index (κ2) is 5.66. The zero-order valence-corrected chi connectivity index (χ0v) is 12.0. The van der Waals surface area contributed by atoms with Crippen LogP contribution >= 0.6 is 0 Å². The number of nitrogens with zero attached hydrogens (tertiary/aromatic N) is 1. The van der Waals surface area contributed by atoms with Crippen LogP contribution in [0.15, 0.2) is 0 Å². The SMILES string of the molecule is Cc1[nH]c(C(=O)O)c(C)c1C(=O)N(C)C1CCOCC1. The number of ether oxygens (including phenoxy) is 1. The number of carboxylic acid groups (broad SMARTS) is 1. The van der Waals surface area contributed by atoms with Crippen molar-refractivity contribution < 1.29 is 19.4 Å². The molecule has 0 spiro atoms. The molecular formula is C14H20N2O4. The van der Waals surface area contributed by atoms with Crippen molar-refractivity contribution in [2.24, 2.45) is 0 Å². The fourth-order valence-corrected chi connectivity index (χ4v) is 2.70. The van der Waals surface area contributed by atoms with Gasteiger partial charge in [-0.2, -0.15) is 0 Å². The number of rotatable bonds is 3. The lowest BCUT2D eigenvalue weighted by Crippen LogP contribution is -2.41. The van der Waals surface area contributed by atoms with Gasteiger partial charge in [0, 0.05) is 32.0 Å². The summed E-state index contributed by atoms with van der Waals surface area (Å²) in [6.07, 6.45) is 1.63. The molecule has 2 N–H and O–H groups in total. The molecule has 1 aliphatic rings. The highest BCUT2D eigenvalue weighted by atomic mass is 16.5. The number of aromatic nitrogens is 1. The Labute approximate surface area is 117 Å². The summed E-state index contributed by atoms with van der Waals surface area (Å²) in [5.74, 6) is -1.17. The van der Waals surface area contributed by atoms with Crippen LogP contribution in [0.25, 0.3) is 0 Å². The second-order valence-electron chi connectivity index (χ2n) is 5.19. The molecule has 0 unspecified atom stereocenters. The zero-order valence-electron chi connectivity index (χ0n) is 12.0. The Hall–Kier alpha value is -1.82. The lowest BCUT2D eigenvalue weighted by atomic mass is 10.0. The molecule has 20 heavy (non-hydrogen) atoms. The minimum Gasteiger partial charge on any atom is -0.477 e. The average Bonchev–Trinajstić information content (AvgIpc) is 2.73. The van der Waals surface area contributed by atoms with Crippen LogP contribution in [0.2, 0.25) is 0 Å². The molecule has 6 nitrogen and oxygen atoms in total. The summed E-state index contributed by atoms with van der Waals surface area (Å²) in [5, 5.41) is 9.10. The van der Waals surface area contributed by atoms with Gasteiger partial charge in [-0.05, 0) is 32.3 Å². The third-order valence-electron chi connectivity index (χ3n) is 3.92. The van der Waals surface area contributed by atoms with Crippen molar-refractivity contribution >= 4 is 11.9 Å². The Morgan fingerprint density at radius 3 is 2.40 bits per heavy atom. The monoisotopic (exact) mass is 280 g/mol. The standard InChI is InChI=1S/C14H20N2O4/c1-8-11(9(2)15-12(8)14(18)19)13(17)16(3)10-4-6-20-7-5-10/h10,15H,4-7H2,1-3H3,(H,18,19). The highest BCUT2D eigenvalue weighted by Crippen LogP contribution is 2.22. The highest BCUT2D eigenvalue weighted by Gasteiger charge is 2.28. The number of hydrogen-bond acceptors (Lipinski definition) is 3. The van der Waals surface area contributed by atoms with Gasteiger partial charge >= 0.3 is 5.97 Å². The van der Waals surface area contributed by atoms with E-state index in [1.54, 1.807) is 25.8 Å². The molecule has 1 amide bonds. The molecule has 0 radical (unpaired) electrons. The Morgan fingerprint density at radius 1 is 1.30 bits per heavy atom. The fourth-order valence-electron chi connectivity index (χ4n) is 2.70. The Kier molecular flexibility index (Phi) is 4.13. The van der Waals surface area contributed by atoms with E-state index in [0.717, 1.165) is 12.8 Å². The molecule has 1 saturated heterocycles. The lowest BCUT2D eigenvalue weighted by Gasteiger charge is -2.31. The number of aromatic carboxylic acids is 1. The van der Waals surface area contributed by atoms with Gasteiger partial charge in [-0.15, -0.1) is 0 Å². The van der Waals surface area contributed by atoms with E-state index in [9.17, 15) is 9.59 Å². The van der Waals surface area contributed by atoms with Crippen LogP contribution in [0, 0.1) is 13.8 Å². The highest BCUT2D eigenvalue weighted by molar-refractivity contribution is 6.00. The number of amides is 1. The Balaban J connectivity index is 2.26. The van der Waals surface area contributed by atoms with Gasteiger partial charge in [-0.1, -0.05) is 0 Å². The molecule has 0 aliphatic carbocycles. The van der Waals surface area contributed by atoms with E-state index >= 15 is 0 Å². The van der Waals surface area contributed by atoms with E-state index in [4.69, 9.17) is 9.84 Å². The Morgan fingerprint density at radius 2 is 1.90 bits per heavy atom. The van der Waals surface area contributed by atoms with E-state index in [-0.39, 0.29) is 17.6 Å². The number of carboxylic acids is 1. The van der Waals surface area contributed by atoms with Gasteiger partial charge in [-0.3, -0.25) is 4.79 Å². The third-order valence-corrected chi connectivity index (χ3v) is 3.92. The van der Waals surface area contributed by atoms with Gasteiger partial charge in [-0.25, -0.2) is 4.79 Å². The zero-order chi connectivity index (χ0) is 14.9. The molecule has 0 bridgehead atoms. The van der Waals surface area contributed by atoms with Crippen LogP contribution in [0.5, 0.6) is 0 Å². The van der Waals surface area contributed by atoms with Crippen molar-refractivity contribution in [1.82, 2.24) is 9.88 Å². The number of H-pyrrole nitrogens is 1. The van der Waals surface area contributed by atoms with Crippen molar-refractivity contribution in [3.8, 4) is 0 Å². The van der Waals surface area contributed by atoms with Crippen LogP contribution in [0.4, 0.5) is 0 Å². The molecule has 2 rings (SSSR count). The van der Waals surface area contributed by atoms with Crippen LogP contribution in [0.3, 0.4) is 0 Å². The summed E-state index contributed by atoms with van der Waals surface area (Å²) in [7, 11) is 1.77. The number of hydrogen-bond donors (Lipinski definition) is 2. The third kappa shape index (κ3) is 2.56. The number of aromatic amines is 1. The van der Waals surface area contributed by atoms with Crippen LogP contribution in [0.1, 0.15) is 44.9 Å². The summed E-state index contributed by atoms with van der Waals surface area (Å²) in [4.78, 5) is 28.2. The fraction of sp³-hybridized carbons (Fsp3) is 0.571. The van der Waals surface area contributed by atoms with Crippen LogP contribution in [-0.4, -0.2) is 53.2 Å². The van der Waals surface area contributed by atoms with Gasteiger partial charge in [0.1, 0.15) is 5.69 Å². The van der Waals surface area contributed by atoms with E-state index in [2.05, 4.69) is 4.98 Å². The summed E-state index contributed by atoms with van der Waals surface area (Å²) < 4.78 is 5.30. The molecule has 0 saturated carbocycles. The molecule has 1 aliphatic heterocycles. The van der Waals surface area contributed by atoms with E-state index in [1.807, 2.05) is 0 Å². The van der Waals surface area contributed by atoms with Crippen LogP contribution in [-0.2, 0) is 4.74 Å². The van der Waals surface area contributed by atoms with Gasteiger partial charge < -0.3 is 19.7 Å². The van der Waals surface area contributed by atoms with Gasteiger partial charge in [0.15, 0.2) is 0 Å². The van der Waals surface area contributed by atoms with Crippen molar-refractivity contribution in [3.63, 3.8) is 0 Å². The van der Waals surface area contributed by atoms with Crippen molar-refractivity contribution in [2.45, 2.75) is 32.7 Å². The summed E-state index contributed by atoms with van der Waals surface area (Å²) in [5.41, 5.74) is 1.66. The first-order valence-corrected chi connectivity index (χ1v) is 6.70. The predicted molar refractivity (Wildman–Crippen MR) is 73.2 cm³/mol. The van der Waals surface area contributed by atoms with Crippen LogP contribution < -0.4 is 0 Å². The molecule has 0 aromatic carbocycles. The summed E-state index contributed by atoms with van der Waals surface area (Å²) in [6, 6.07) is 0.151. The summed E-state index contributed by atoms with van der Waals surface area (Å²) in [6.45, 7) is 4.71. The first-order chi connectivity index (χ1) is 9.43. The van der Waals surface area contributed by atoms with Gasteiger partial charge in [0.05, 0.1) is 5.56 Å². The lowest BCUT2D eigenvalue weighted by molar-refractivity contribution is 0.0361. The smallest absolute Gasteiger partial charge is 0.352 e. The maximum Gasteiger partial charge on any atom is 0.352 e. The van der Waals surface area contributed by atoms with Crippen molar-refractivity contribution in [3.05, 3.63) is 22.5 Å². The molecule has 1 aromatic heterocycles. The molecule has 2 heterocycles. The molecule has 6 heteroatoms. The summed E-state index contributed by atoms with van der Waals surface area (Å²) >= 11 is 0. The van der Waals surface area contributed by atoms with Crippen molar-refractivity contribution in [1.29, 1.82) is 0 Å². The quantitative estimate of drug-likeness (QED) is 0.880. The Bertz CT molecular complexity index is 530. The van der Waals surface area contributed by atoms with Gasteiger partial charge in [0.25, 0.3) is 5.91 Å². The predicted octanol–water partition coefficient (Wildman–Crippen LogP) is 1.58. The number of carbonyl (C=O) groups excluding carboxylic acids is 1. The number of nitrogens with one attached hydrogen (secondary N) is 1. The van der Waals surface area contributed by atoms with E-state index in [0.29, 0.717) is 30.0 Å². The maximum absolute atomic E-state index is 12.6. The molecular weight excluding hydrogens is 260 g/mol. The molecule has 1 fully saturated rings. The van der Waals surface area contributed by atoms with Crippen molar-refractivity contribution in [2.75, 3.05) is 20.3 Å². The molecule has 0 atom stereocenters. The second-order valence-corrected chi connectivity index (χ2v) is 5.19. The first-order valence-electron chi connectivity index (χ1n) is 6.70. The van der Waals surface area contributed by atoms with Gasteiger partial charge in [0.2, 0.25) is 0 Å². The van der Waals surface area contributed by atoms with E-state index in [1.165, 1.54) is 0 Å². The number of aryl methyl sites for hydroxylation is 1. The average molecular weight is 280 g/mol. The van der Waals surface area contributed by atoms with E-state index < -0.39 is 5.97 Å². The molecule has 1 aromatic rings. The number of carbonyl (C=O) groups is 2. The minimum absolute atomic E-state index is 0.0891. The molecule has 110 valence electrons. The topological polar surface area (TPSA) is 82.6 Å². The normalized spacial score (nSPS) is 16.1. The minimum atomic E-state index is -1.04. The first kappa shape index (κ1) is 14.6. The largest absolute Gasteiger partial charge is 0.477 e. The maximum atomic E-state index is 12.6.